The van der Waals surface area contributed by atoms with Gasteiger partial charge in [-0.3, -0.25) is 4.79 Å². The van der Waals surface area contributed by atoms with Crippen LogP contribution >= 0.6 is 0 Å². The maximum atomic E-state index is 13.3. The summed E-state index contributed by atoms with van der Waals surface area (Å²) in [5.41, 5.74) is -0.0440. The Kier molecular flexibility index (Phi) is 3.47. The Bertz CT molecular complexity index is 506. The molecule has 0 aliphatic heterocycles. The van der Waals surface area contributed by atoms with Crippen molar-refractivity contribution in [1.82, 2.24) is 5.32 Å². The van der Waals surface area contributed by atoms with Gasteiger partial charge in [-0.1, -0.05) is 0 Å². The van der Waals surface area contributed by atoms with Gasteiger partial charge in [-0.2, -0.15) is 5.26 Å². The minimum absolute atomic E-state index is 0.0440. The van der Waals surface area contributed by atoms with Crippen molar-refractivity contribution in [3.8, 4) is 11.8 Å². The van der Waals surface area contributed by atoms with Gasteiger partial charge in [-0.05, 0) is 31.9 Å². The number of carbonyl (C=O) groups is 1. The van der Waals surface area contributed by atoms with E-state index in [1.165, 1.54) is 12.1 Å². The number of halogens is 1. The molecule has 1 fully saturated rings. The first-order chi connectivity index (χ1) is 8.60. The first-order valence-electron chi connectivity index (χ1n) is 5.77. The topological polar surface area (TPSA) is 62.1 Å². The molecule has 0 radical (unpaired) electrons. The SMILES string of the molecule is CC(Oc1ccc(C#N)c(F)c1)C(=O)NC1CC1. The monoisotopic (exact) mass is 248 g/mol. The highest BCUT2D eigenvalue weighted by Gasteiger charge is 2.26. The van der Waals surface area contributed by atoms with Gasteiger partial charge in [-0.25, -0.2) is 4.39 Å². The van der Waals surface area contributed by atoms with Crippen molar-refractivity contribution < 1.29 is 13.9 Å². The fourth-order valence-electron chi connectivity index (χ4n) is 1.46. The highest BCUT2D eigenvalue weighted by molar-refractivity contribution is 5.81. The molecular formula is C13H13FN2O2. The molecule has 1 aliphatic carbocycles. The molecular weight excluding hydrogens is 235 g/mol. The molecule has 0 saturated heterocycles. The molecule has 1 saturated carbocycles. The molecule has 1 aliphatic rings. The molecule has 1 aromatic carbocycles. The van der Waals surface area contributed by atoms with Crippen LogP contribution < -0.4 is 10.1 Å². The molecule has 1 atom stereocenters. The smallest absolute Gasteiger partial charge is 0.260 e. The maximum absolute atomic E-state index is 13.3. The summed E-state index contributed by atoms with van der Waals surface area (Å²) in [5, 5.41) is 11.4. The number of hydrogen-bond donors (Lipinski definition) is 1. The average Bonchev–Trinajstić information content (AvgIpc) is 3.13. The molecule has 1 amide bonds. The lowest BCUT2D eigenvalue weighted by atomic mass is 10.2. The number of hydrogen-bond acceptors (Lipinski definition) is 3. The van der Waals surface area contributed by atoms with E-state index in [4.69, 9.17) is 10.00 Å². The van der Waals surface area contributed by atoms with Crippen molar-refractivity contribution in [1.29, 1.82) is 5.26 Å². The van der Waals surface area contributed by atoms with Crippen molar-refractivity contribution >= 4 is 5.91 Å². The summed E-state index contributed by atoms with van der Waals surface area (Å²) < 4.78 is 18.6. The average molecular weight is 248 g/mol. The summed E-state index contributed by atoms with van der Waals surface area (Å²) in [7, 11) is 0. The summed E-state index contributed by atoms with van der Waals surface area (Å²) in [6.45, 7) is 1.60. The Morgan fingerprint density at radius 3 is 2.89 bits per heavy atom. The second kappa shape index (κ2) is 5.05. The standard InChI is InChI=1S/C13H13FN2O2/c1-8(13(17)16-10-3-4-10)18-11-5-2-9(7-15)12(14)6-11/h2,5-6,8,10H,3-4H2,1H3,(H,16,17). The second-order valence-electron chi connectivity index (χ2n) is 4.30. The lowest BCUT2D eigenvalue weighted by Gasteiger charge is -2.14. The minimum Gasteiger partial charge on any atom is -0.481 e. The predicted octanol–water partition coefficient (Wildman–Crippen LogP) is 1.74. The Labute approximate surface area is 104 Å². The van der Waals surface area contributed by atoms with Crippen molar-refractivity contribution in [2.24, 2.45) is 0 Å². The number of amides is 1. The lowest BCUT2D eigenvalue weighted by Crippen LogP contribution is -2.37. The van der Waals surface area contributed by atoms with E-state index in [-0.39, 0.29) is 23.3 Å². The zero-order valence-corrected chi connectivity index (χ0v) is 9.94. The highest BCUT2D eigenvalue weighted by atomic mass is 19.1. The van der Waals surface area contributed by atoms with Crippen LogP contribution in [0.2, 0.25) is 0 Å². The van der Waals surface area contributed by atoms with E-state index in [9.17, 15) is 9.18 Å². The maximum Gasteiger partial charge on any atom is 0.260 e. The van der Waals surface area contributed by atoms with Gasteiger partial charge in [0.25, 0.3) is 5.91 Å². The zero-order valence-electron chi connectivity index (χ0n) is 9.94. The van der Waals surface area contributed by atoms with Crippen LogP contribution in [0.1, 0.15) is 25.3 Å². The van der Waals surface area contributed by atoms with Crippen molar-refractivity contribution in [3.63, 3.8) is 0 Å². The van der Waals surface area contributed by atoms with Gasteiger partial charge in [0, 0.05) is 12.1 Å². The molecule has 94 valence electrons. The van der Waals surface area contributed by atoms with Crippen LogP contribution in [0.4, 0.5) is 4.39 Å². The molecule has 2 rings (SSSR count). The van der Waals surface area contributed by atoms with E-state index >= 15 is 0 Å². The Balaban J connectivity index is 1.97. The molecule has 0 spiro atoms. The molecule has 5 heteroatoms. The number of ether oxygens (including phenoxy) is 1. The van der Waals surface area contributed by atoms with E-state index < -0.39 is 11.9 Å². The summed E-state index contributed by atoms with van der Waals surface area (Å²) in [5.74, 6) is -0.614. The highest BCUT2D eigenvalue weighted by Crippen LogP contribution is 2.20. The van der Waals surface area contributed by atoms with Crippen LogP contribution in [0, 0.1) is 17.1 Å². The molecule has 0 aromatic heterocycles. The Morgan fingerprint density at radius 2 is 2.33 bits per heavy atom. The molecule has 0 bridgehead atoms. The van der Waals surface area contributed by atoms with Crippen molar-refractivity contribution in [2.75, 3.05) is 0 Å². The third-order valence-corrected chi connectivity index (χ3v) is 2.67. The summed E-state index contributed by atoms with van der Waals surface area (Å²) >= 11 is 0. The number of nitrogens with zero attached hydrogens (tertiary/aromatic N) is 1. The fourth-order valence-corrected chi connectivity index (χ4v) is 1.46. The van der Waals surface area contributed by atoms with Crippen LogP contribution in [-0.4, -0.2) is 18.1 Å². The van der Waals surface area contributed by atoms with Gasteiger partial charge in [0.05, 0.1) is 5.56 Å². The molecule has 1 N–H and O–H groups in total. The van der Waals surface area contributed by atoms with Gasteiger partial charge in [-0.15, -0.1) is 0 Å². The molecule has 4 nitrogen and oxygen atoms in total. The number of benzene rings is 1. The molecule has 1 aromatic rings. The normalized spacial score (nSPS) is 15.6. The second-order valence-corrected chi connectivity index (χ2v) is 4.30. The summed E-state index contributed by atoms with van der Waals surface area (Å²) in [4.78, 5) is 11.6. The first kappa shape index (κ1) is 12.4. The van der Waals surface area contributed by atoms with Gasteiger partial charge in [0.15, 0.2) is 6.10 Å². The predicted molar refractivity (Wildman–Crippen MR) is 62.4 cm³/mol. The zero-order chi connectivity index (χ0) is 13.1. The first-order valence-corrected chi connectivity index (χ1v) is 5.77. The van der Waals surface area contributed by atoms with Gasteiger partial charge < -0.3 is 10.1 Å². The molecule has 1 unspecified atom stereocenters. The molecule has 18 heavy (non-hydrogen) atoms. The minimum atomic E-state index is -0.682. The summed E-state index contributed by atoms with van der Waals surface area (Å²) in [6, 6.07) is 5.90. The fraction of sp³-hybridized carbons (Fsp3) is 0.385. The van der Waals surface area contributed by atoms with Crippen LogP contribution in [0.15, 0.2) is 18.2 Å². The van der Waals surface area contributed by atoms with Gasteiger partial charge in [0.2, 0.25) is 0 Å². The van der Waals surface area contributed by atoms with Gasteiger partial charge >= 0.3 is 0 Å². The number of carbonyl (C=O) groups excluding carboxylic acids is 1. The van der Waals surface area contributed by atoms with Gasteiger partial charge in [0.1, 0.15) is 17.6 Å². The number of nitrogens with one attached hydrogen (secondary N) is 1. The van der Waals surface area contributed by atoms with E-state index in [1.807, 2.05) is 0 Å². The molecule has 0 heterocycles. The van der Waals surface area contributed by atoms with E-state index in [0.29, 0.717) is 0 Å². The third kappa shape index (κ3) is 2.98. The largest absolute Gasteiger partial charge is 0.481 e. The van der Waals surface area contributed by atoms with E-state index in [1.54, 1.807) is 13.0 Å². The number of rotatable bonds is 4. The number of nitriles is 1. The van der Waals surface area contributed by atoms with Crippen LogP contribution in [-0.2, 0) is 4.79 Å². The Hall–Kier alpha value is -2.09. The van der Waals surface area contributed by atoms with E-state index in [2.05, 4.69) is 5.32 Å². The van der Waals surface area contributed by atoms with Crippen molar-refractivity contribution in [3.05, 3.63) is 29.6 Å². The quantitative estimate of drug-likeness (QED) is 0.882. The lowest BCUT2D eigenvalue weighted by molar-refractivity contribution is -0.127. The van der Waals surface area contributed by atoms with Crippen LogP contribution in [0.25, 0.3) is 0 Å². The van der Waals surface area contributed by atoms with Crippen LogP contribution in [0.3, 0.4) is 0 Å². The van der Waals surface area contributed by atoms with E-state index in [0.717, 1.165) is 18.9 Å². The summed E-state index contributed by atoms with van der Waals surface area (Å²) in [6.07, 6.45) is 1.33. The third-order valence-electron chi connectivity index (χ3n) is 2.67. The Morgan fingerprint density at radius 1 is 1.61 bits per heavy atom. The van der Waals surface area contributed by atoms with Crippen molar-refractivity contribution in [2.45, 2.75) is 31.9 Å². The van der Waals surface area contributed by atoms with Crippen LogP contribution in [0.5, 0.6) is 5.75 Å².